The number of hydrogen-bond acceptors (Lipinski definition) is 3. The number of amides is 1. The lowest BCUT2D eigenvalue weighted by Crippen LogP contribution is -2.11. The van der Waals surface area contributed by atoms with Crippen molar-refractivity contribution in [3.63, 3.8) is 0 Å². The van der Waals surface area contributed by atoms with Crippen LogP contribution in [0.2, 0.25) is 0 Å². The van der Waals surface area contributed by atoms with Crippen LogP contribution >= 0.6 is 0 Å². The highest BCUT2D eigenvalue weighted by atomic mass is 16.1. The summed E-state index contributed by atoms with van der Waals surface area (Å²) < 4.78 is 3.51. The number of carbonyl (C=O) groups is 1. The molecule has 0 unspecified atom stereocenters. The van der Waals surface area contributed by atoms with E-state index in [1.54, 1.807) is 48.8 Å². The Morgan fingerprint density at radius 3 is 2.65 bits per heavy atom. The van der Waals surface area contributed by atoms with Crippen LogP contribution in [0.5, 0.6) is 0 Å². The van der Waals surface area contributed by atoms with E-state index < -0.39 is 0 Å². The number of benzene rings is 1. The van der Waals surface area contributed by atoms with E-state index in [9.17, 15) is 4.79 Å². The van der Waals surface area contributed by atoms with Gasteiger partial charge in [0.25, 0.3) is 5.91 Å². The average Bonchev–Trinajstić information content (AvgIpc) is 3.11. The number of imidazole rings is 1. The minimum Gasteiger partial charge on any atom is -0.319 e. The maximum atomic E-state index is 12.1. The minimum atomic E-state index is -0.157. The van der Waals surface area contributed by atoms with Crippen LogP contribution in [-0.2, 0) is 7.05 Å². The van der Waals surface area contributed by atoms with Crippen LogP contribution in [0.4, 0.5) is 5.69 Å². The van der Waals surface area contributed by atoms with Crippen molar-refractivity contribution in [1.29, 1.82) is 0 Å². The monoisotopic (exact) mass is 267 g/mol. The zero-order valence-corrected chi connectivity index (χ0v) is 10.9. The van der Waals surface area contributed by atoms with E-state index >= 15 is 0 Å². The van der Waals surface area contributed by atoms with E-state index in [0.29, 0.717) is 11.3 Å². The van der Waals surface area contributed by atoms with Crippen molar-refractivity contribution in [3.8, 4) is 5.69 Å². The zero-order valence-electron chi connectivity index (χ0n) is 10.9. The summed E-state index contributed by atoms with van der Waals surface area (Å²) in [5, 5.41) is 6.79. The van der Waals surface area contributed by atoms with Crippen LogP contribution < -0.4 is 5.32 Å². The molecule has 1 aromatic carbocycles. The molecule has 0 atom stereocenters. The van der Waals surface area contributed by atoms with Crippen molar-refractivity contribution >= 4 is 11.6 Å². The molecule has 0 bridgehead atoms. The zero-order chi connectivity index (χ0) is 13.9. The van der Waals surface area contributed by atoms with E-state index in [2.05, 4.69) is 15.4 Å². The van der Waals surface area contributed by atoms with Crippen LogP contribution in [0.3, 0.4) is 0 Å². The Kier molecular flexibility index (Phi) is 3.04. The number of nitrogens with zero attached hydrogens (tertiary/aromatic N) is 4. The molecule has 1 N–H and O–H groups in total. The molecule has 0 fully saturated rings. The number of nitrogens with one attached hydrogen (secondary N) is 1. The lowest BCUT2D eigenvalue weighted by molar-refractivity contribution is 0.102. The molecule has 20 heavy (non-hydrogen) atoms. The predicted molar refractivity (Wildman–Crippen MR) is 74.7 cm³/mol. The van der Waals surface area contributed by atoms with Crippen molar-refractivity contribution in [2.75, 3.05) is 5.32 Å². The van der Waals surface area contributed by atoms with Gasteiger partial charge in [0.15, 0.2) is 0 Å². The van der Waals surface area contributed by atoms with Crippen LogP contribution in [0.15, 0.2) is 55.4 Å². The maximum Gasteiger partial charge on any atom is 0.255 e. The molecule has 0 aliphatic rings. The van der Waals surface area contributed by atoms with Gasteiger partial charge in [-0.3, -0.25) is 9.48 Å². The van der Waals surface area contributed by atoms with Gasteiger partial charge >= 0.3 is 0 Å². The Morgan fingerprint density at radius 1 is 1.25 bits per heavy atom. The molecular formula is C14H13N5O. The van der Waals surface area contributed by atoms with Gasteiger partial charge in [-0.2, -0.15) is 5.10 Å². The third-order valence-electron chi connectivity index (χ3n) is 2.89. The average molecular weight is 267 g/mol. The number of anilines is 1. The van der Waals surface area contributed by atoms with Crippen LogP contribution in [0.25, 0.3) is 5.69 Å². The number of aromatic nitrogens is 4. The molecule has 6 heteroatoms. The van der Waals surface area contributed by atoms with Gasteiger partial charge in [-0.25, -0.2) is 4.98 Å². The summed E-state index contributed by atoms with van der Waals surface area (Å²) in [6.07, 6.45) is 8.63. The highest BCUT2D eigenvalue weighted by Crippen LogP contribution is 2.11. The second kappa shape index (κ2) is 5.00. The second-order valence-corrected chi connectivity index (χ2v) is 4.37. The topological polar surface area (TPSA) is 64.7 Å². The molecule has 0 radical (unpaired) electrons. The van der Waals surface area contributed by atoms with Gasteiger partial charge in [0.2, 0.25) is 0 Å². The Labute approximate surface area is 115 Å². The lowest BCUT2D eigenvalue weighted by atomic mass is 10.2. The molecular weight excluding hydrogens is 254 g/mol. The molecule has 1 amide bonds. The third-order valence-corrected chi connectivity index (χ3v) is 2.89. The smallest absolute Gasteiger partial charge is 0.255 e. The first kappa shape index (κ1) is 12.2. The van der Waals surface area contributed by atoms with Crippen molar-refractivity contribution in [1.82, 2.24) is 19.3 Å². The van der Waals surface area contributed by atoms with Gasteiger partial charge in [-0.15, -0.1) is 0 Å². The van der Waals surface area contributed by atoms with Crippen molar-refractivity contribution in [2.45, 2.75) is 0 Å². The molecule has 3 rings (SSSR count). The molecule has 0 saturated carbocycles. The molecule has 6 nitrogen and oxygen atoms in total. The second-order valence-electron chi connectivity index (χ2n) is 4.37. The molecule has 0 spiro atoms. The first-order valence-electron chi connectivity index (χ1n) is 6.11. The number of rotatable bonds is 3. The quantitative estimate of drug-likeness (QED) is 0.787. The van der Waals surface area contributed by atoms with Crippen molar-refractivity contribution < 1.29 is 4.79 Å². The Bertz CT molecular complexity index is 712. The molecule has 0 aliphatic carbocycles. The summed E-state index contributed by atoms with van der Waals surface area (Å²) in [4.78, 5) is 16.0. The van der Waals surface area contributed by atoms with E-state index in [0.717, 1.165) is 5.69 Å². The summed E-state index contributed by atoms with van der Waals surface area (Å²) in [6.45, 7) is 0. The SMILES string of the molecule is Cn1cc(NC(=O)c2ccc(-n3ccnc3)cc2)cn1. The molecule has 100 valence electrons. The molecule has 2 heterocycles. The summed E-state index contributed by atoms with van der Waals surface area (Å²) in [6, 6.07) is 7.31. The number of aryl methyl sites for hydroxylation is 1. The molecule has 0 saturated heterocycles. The van der Waals surface area contributed by atoms with Crippen molar-refractivity contribution in [2.24, 2.45) is 7.05 Å². The fourth-order valence-corrected chi connectivity index (χ4v) is 1.89. The minimum absolute atomic E-state index is 0.157. The third kappa shape index (κ3) is 2.44. The summed E-state index contributed by atoms with van der Waals surface area (Å²) in [5.41, 5.74) is 2.23. The van der Waals surface area contributed by atoms with Gasteiger partial charge in [0.1, 0.15) is 0 Å². The summed E-state index contributed by atoms with van der Waals surface area (Å²) in [7, 11) is 1.80. The molecule has 3 aromatic rings. The van der Waals surface area contributed by atoms with Crippen LogP contribution in [-0.4, -0.2) is 25.2 Å². The Hall–Kier alpha value is -2.89. The first-order valence-corrected chi connectivity index (χ1v) is 6.11. The lowest BCUT2D eigenvalue weighted by Gasteiger charge is -2.05. The van der Waals surface area contributed by atoms with Gasteiger partial charge in [0.05, 0.1) is 18.2 Å². The Morgan fingerprint density at radius 2 is 2.05 bits per heavy atom. The number of hydrogen-bond donors (Lipinski definition) is 1. The van der Waals surface area contributed by atoms with Gasteiger partial charge in [-0.05, 0) is 24.3 Å². The van der Waals surface area contributed by atoms with Crippen molar-refractivity contribution in [3.05, 3.63) is 60.9 Å². The largest absolute Gasteiger partial charge is 0.319 e. The van der Waals surface area contributed by atoms with Crippen LogP contribution in [0, 0.1) is 0 Å². The molecule has 0 aliphatic heterocycles. The normalized spacial score (nSPS) is 10.4. The Balaban J connectivity index is 1.75. The fraction of sp³-hybridized carbons (Fsp3) is 0.0714. The van der Waals surface area contributed by atoms with E-state index in [1.807, 2.05) is 22.9 Å². The van der Waals surface area contributed by atoms with E-state index in [1.165, 1.54) is 0 Å². The predicted octanol–water partition coefficient (Wildman–Crippen LogP) is 1.86. The highest BCUT2D eigenvalue weighted by Gasteiger charge is 2.07. The highest BCUT2D eigenvalue weighted by molar-refractivity contribution is 6.04. The summed E-state index contributed by atoms with van der Waals surface area (Å²) in [5.74, 6) is -0.157. The van der Waals surface area contributed by atoms with E-state index in [-0.39, 0.29) is 5.91 Å². The van der Waals surface area contributed by atoms with Gasteiger partial charge in [-0.1, -0.05) is 0 Å². The first-order chi connectivity index (χ1) is 9.72. The molecule has 2 aromatic heterocycles. The van der Waals surface area contributed by atoms with Gasteiger partial charge in [0, 0.05) is 36.9 Å². The summed E-state index contributed by atoms with van der Waals surface area (Å²) >= 11 is 0. The maximum absolute atomic E-state index is 12.1. The fourth-order valence-electron chi connectivity index (χ4n) is 1.89. The van der Waals surface area contributed by atoms with Crippen LogP contribution in [0.1, 0.15) is 10.4 Å². The van der Waals surface area contributed by atoms with E-state index in [4.69, 9.17) is 0 Å². The number of carbonyl (C=O) groups excluding carboxylic acids is 1. The standard InChI is InChI=1S/C14H13N5O/c1-18-9-12(8-16-18)17-14(20)11-2-4-13(5-3-11)19-7-6-15-10-19/h2-10H,1H3,(H,17,20). The van der Waals surface area contributed by atoms with Gasteiger partial charge < -0.3 is 9.88 Å².